The van der Waals surface area contributed by atoms with Crippen molar-refractivity contribution in [1.82, 2.24) is 10.2 Å². The van der Waals surface area contributed by atoms with Crippen LogP contribution in [0.1, 0.15) is 5.56 Å². The normalized spacial score (nSPS) is 26.5. The van der Waals surface area contributed by atoms with E-state index < -0.39 is 0 Å². The third-order valence-corrected chi connectivity index (χ3v) is 4.42. The van der Waals surface area contributed by atoms with E-state index in [4.69, 9.17) is 4.42 Å². The fourth-order valence-corrected chi connectivity index (χ4v) is 3.48. The number of hydrogen-bond acceptors (Lipinski definition) is 3. The number of fused-ring (bicyclic) bond motifs is 2. The summed E-state index contributed by atoms with van der Waals surface area (Å²) in [6.07, 6.45) is 1.93. The monoisotopic (exact) mass is 278 g/mol. The van der Waals surface area contributed by atoms with E-state index in [2.05, 4.69) is 22.3 Å². The van der Waals surface area contributed by atoms with Crippen LogP contribution in [0.15, 0.2) is 34.9 Å². The minimum absolute atomic E-state index is 0. The first-order valence-electron chi connectivity index (χ1n) is 6.78. The Kier molecular flexibility index (Phi) is 3.52. The number of nitrogens with zero attached hydrogens (tertiary/aromatic N) is 1. The zero-order valence-corrected chi connectivity index (χ0v) is 11.7. The van der Waals surface area contributed by atoms with Crippen molar-refractivity contribution in [3.63, 3.8) is 0 Å². The molecule has 102 valence electrons. The Labute approximate surface area is 119 Å². The lowest BCUT2D eigenvalue weighted by Gasteiger charge is -2.15. The fourth-order valence-electron chi connectivity index (χ4n) is 3.48. The first-order valence-corrected chi connectivity index (χ1v) is 6.78. The van der Waals surface area contributed by atoms with Crippen molar-refractivity contribution < 1.29 is 4.42 Å². The van der Waals surface area contributed by atoms with E-state index >= 15 is 0 Å². The van der Waals surface area contributed by atoms with E-state index in [0.29, 0.717) is 0 Å². The van der Waals surface area contributed by atoms with Crippen LogP contribution in [0.25, 0.3) is 11.0 Å². The smallest absolute Gasteiger partial charge is 0.134 e. The Bertz CT molecular complexity index is 556. The van der Waals surface area contributed by atoms with Crippen molar-refractivity contribution in [3.05, 3.63) is 36.1 Å². The van der Waals surface area contributed by atoms with Crippen molar-refractivity contribution in [2.75, 3.05) is 26.2 Å². The van der Waals surface area contributed by atoms with Crippen molar-refractivity contribution in [2.24, 2.45) is 11.8 Å². The molecule has 4 rings (SSSR count). The van der Waals surface area contributed by atoms with E-state index in [0.717, 1.165) is 24.0 Å². The Hall–Kier alpha value is -1.03. The quantitative estimate of drug-likeness (QED) is 0.915. The molecular formula is C15H19ClN2O. The van der Waals surface area contributed by atoms with Crippen molar-refractivity contribution in [3.8, 4) is 0 Å². The number of likely N-dealkylation sites (tertiary alicyclic amines) is 1. The predicted octanol–water partition coefficient (Wildman–Crippen LogP) is 2.51. The van der Waals surface area contributed by atoms with Gasteiger partial charge in [-0.25, -0.2) is 0 Å². The van der Waals surface area contributed by atoms with Gasteiger partial charge >= 0.3 is 0 Å². The number of hydrogen-bond donors (Lipinski definition) is 1. The maximum atomic E-state index is 5.61. The van der Waals surface area contributed by atoms with Crippen LogP contribution in [0.2, 0.25) is 0 Å². The minimum atomic E-state index is 0. The van der Waals surface area contributed by atoms with Crippen LogP contribution in [0, 0.1) is 11.8 Å². The van der Waals surface area contributed by atoms with Gasteiger partial charge in [0.25, 0.3) is 0 Å². The highest BCUT2D eigenvalue weighted by Gasteiger charge is 2.35. The third-order valence-electron chi connectivity index (χ3n) is 4.42. The zero-order chi connectivity index (χ0) is 11.9. The Morgan fingerprint density at radius 1 is 1.16 bits per heavy atom. The molecule has 0 radical (unpaired) electrons. The topological polar surface area (TPSA) is 28.4 Å². The van der Waals surface area contributed by atoms with Gasteiger partial charge in [-0.15, -0.1) is 12.4 Å². The van der Waals surface area contributed by atoms with Gasteiger partial charge in [0, 0.05) is 30.6 Å². The van der Waals surface area contributed by atoms with Gasteiger partial charge in [0.1, 0.15) is 5.58 Å². The van der Waals surface area contributed by atoms with Gasteiger partial charge in [0.05, 0.1) is 6.26 Å². The molecule has 19 heavy (non-hydrogen) atoms. The maximum Gasteiger partial charge on any atom is 0.134 e. The molecule has 0 aliphatic carbocycles. The number of halogens is 1. The highest BCUT2D eigenvalue weighted by Crippen LogP contribution is 2.29. The number of benzene rings is 1. The van der Waals surface area contributed by atoms with Gasteiger partial charge in [0.15, 0.2) is 0 Å². The van der Waals surface area contributed by atoms with Gasteiger partial charge in [0.2, 0.25) is 0 Å². The molecule has 3 nitrogen and oxygen atoms in total. The van der Waals surface area contributed by atoms with Crippen LogP contribution in [-0.2, 0) is 6.54 Å². The van der Waals surface area contributed by atoms with Crippen LogP contribution < -0.4 is 5.32 Å². The predicted molar refractivity (Wildman–Crippen MR) is 78.6 cm³/mol. The SMILES string of the molecule is Cl.c1ccc2c(CN3C[C@H]4CNC[C@H]4C3)coc2c1. The number of furan rings is 1. The maximum absolute atomic E-state index is 5.61. The first-order chi connectivity index (χ1) is 8.90. The van der Waals surface area contributed by atoms with Crippen molar-refractivity contribution in [1.29, 1.82) is 0 Å². The molecule has 2 saturated heterocycles. The molecule has 1 aromatic heterocycles. The van der Waals surface area contributed by atoms with Crippen LogP contribution in [-0.4, -0.2) is 31.1 Å². The molecule has 0 amide bonds. The van der Waals surface area contributed by atoms with Gasteiger partial charge in [-0.05, 0) is 31.0 Å². The molecule has 1 aromatic carbocycles. The second-order valence-corrected chi connectivity index (χ2v) is 5.63. The lowest BCUT2D eigenvalue weighted by atomic mass is 10.0. The lowest BCUT2D eigenvalue weighted by Crippen LogP contribution is -2.25. The highest BCUT2D eigenvalue weighted by atomic mass is 35.5. The van der Waals surface area contributed by atoms with Crippen LogP contribution in [0.4, 0.5) is 0 Å². The summed E-state index contributed by atoms with van der Waals surface area (Å²) in [5.41, 5.74) is 2.34. The summed E-state index contributed by atoms with van der Waals surface area (Å²) in [5, 5.41) is 4.76. The molecule has 0 unspecified atom stereocenters. The van der Waals surface area contributed by atoms with Gasteiger partial charge in [-0.1, -0.05) is 18.2 Å². The number of para-hydroxylation sites is 1. The molecule has 2 atom stereocenters. The second kappa shape index (κ2) is 5.16. The molecule has 0 spiro atoms. The summed E-state index contributed by atoms with van der Waals surface area (Å²) in [5.74, 6) is 1.73. The molecule has 0 bridgehead atoms. The second-order valence-electron chi connectivity index (χ2n) is 5.63. The zero-order valence-electron chi connectivity index (χ0n) is 10.8. The molecule has 2 aliphatic heterocycles. The third kappa shape index (κ3) is 2.27. The molecule has 2 aliphatic rings. The molecule has 2 aromatic rings. The summed E-state index contributed by atoms with van der Waals surface area (Å²) >= 11 is 0. The van der Waals surface area contributed by atoms with E-state index in [9.17, 15) is 0 Å². The minimum Gasteiger partial charge on any atom is -0.464 e. The molecule has 0 saturated carbocycles. The van der Waals surface area contributed by atoms with Gasteiger partial charge in [-0.2, -0.15) is 0 Å². The summed E-state index contributed by atoms with van der Waals surface area (Å²) < 4.78 is 5.61. The largest absolute Gasteiger partial charge is 0.464 e. The summed E-state index contributed by atoms with van der Waals surface area (Å²) in [4.78, 5) is 2.58. The van der Waals surface area contributed by atoms with Crippen molar-refractivity contribution >= 4 is 23.4 Å². The van der Waals surface area contributed by atoms with Gasteiger partial charge in [-0.3, -0.25) is 4.90 Å². The summed E-state index contributed by atoms with van der Waals surface area (Å²) in [6, 6.07) is 8.32. The summed E-state index contributed by atoms with van der Waals surface area (Å²) in [7, 11) is 0. The Balaban J connectivity index is 0.00000110. The number of rotatable bonds is 2. The lowest BCUT2D eigenvalue weighted by molar-refractivity contribution is 0.305. The number of nitrogens with one attached hydrogen (secondary N) is 1. The summed E-state index contributed by atoms with van der Waals surface area (Å²) in [6.45, 7) is 5.90. The molecule has 1 N–H and O–H groups in total. The fraction of sp³-hybridized carbons (Fsp3) is 0.467. The van der Waals surface area contributed by atoms with E-state index in [1.165, 1.54) is 37.1 Å². The van der Waals surface area contributed by atoms with Crippen LogP contribution in [0.5, 0.6) is 0 Å². The van der Waals surface area contributed by atoms with E-state index in [1.54, 1.807) is 0 Å². The Morgan fingerprint density at radius 2 is 1.89 bits per heavy atom. The molecule has 3 heterocycles. The van der Waals surface area contributed by atoms with E-state index in [-0.39, 0.29) is 12.4 Å². The molecular weight excluding hydrogens is 260 g/mol. The van der Waals surface area contributed by atoms with E-state index in [1.807, 2.05) is 18.4 Å². The average molecular weight is 279 g/mol. The highest BCUT2D eigenvalue weighted by molar-refractivity contribution is 5.85. The van der Waals surface area contributed by atoms with Gasteiger partial charge < -0.3 is 9.73 Å². The molecule has 4 heteroatoms. The Morgan fingerprint density at radius 3 is 2.68 bits per heavy atom. The molecule has 2 fully saturated rings. The first kappa shape index (κ1) is 13.0. The van der Waals surface area contributed by atoms with Crippen LogP contribution in [0.3, 0.4) is 0 Å². The standard InChI is InChI=1S/C15H18N2O.ClH/c1-2-4-15-14(3-1)13(10-18-15)9-17-7-11-5-16-6-12(11)8-17;/h1-4,10-12,16H,5-9H2;1H/t11-,12+;. The van der Waals surface area contributed by atoms with Crippen LogP contribution >= 0.6 is 12.4 Å². The average Bonchev–Trinajstić information content (AvgIpc) is 3.04. The van der Waals surface area contributed by atoms with Crippen molar-refractivity contribution in [2.45, 2.75) is 6.54 Å².